The predicted octanol–water partition coefficient (Wildman–Crippen LogP) is 2.28. The molecule has 1 aliphatic carbocycles. The van der Waals surface area contributed by atoms with Gasteiger partial charge in [0.05, 0.1) is 5.60 Å². The third kappa shape index (κ3) is 1.25. The zero-order valence-corrected chi connectivity index (χ0v) is 7.30. The topological polar surface area (TPSA) is 20.2 Å². The van der Waals surface area contributed by atoms with E-state index in [0.29, 0.717) is 6.42 Å². The van der Waals surface area contributed by atoms with E-state index in [0.717, 1.165) is 6.42 Å². The van der Waals surface area contributed by atoms with Gasteiger partial charge < -0.3 is 5.11 Å². The first kappa shape index (κ1) is 8.54. The van der Waals surface area contributed by atoms with E-state index < -0.39 is 5.60 Å². The van der Waals surface area contributed by atoms with Crippen LogP contribution in [-0.4, -0.2) is 10.7 Å². The lowest BCUT2D eigenvalue weighted by Gasteiger charge is -2.35. The van der Waals surface area contributed by atoms with Crippen LogP contribution in [0.3, 0.4) is 0 Å². The van der Waals surface area contributed by atoms with Gasteiger partial charge in [-0.15, -0.1) is 6.58 Å². The normalized spacial score (nSPS) is 34.1. The molecule has 0 aromatic carbocycles. The molecule has 0 heterocycles. The maximum Gasteiger partial charge on any atom is 0.0800 e. The molecule has 1 N–H and O–H groups in total. The lowest BCUT2D eigenvalue weighted by molar-refractivity contribution is -0.0265. The molecule has 0 amide bonds. The van der Waals surface area contributed by atoms with Crippen LogP contribution in [-0.2, 0) is 0 Å². The van der Waals surface area contributed by atoms with Gasteiger partial charge in [0.2, 0.25) is 0 Å². The molecule has 1 rings (SSSR count). The molecular weight excluding hydrogens is 136 g/mol. The van der Waals surface area contributed by atoms with Crippen LogP contribution in [0.1, 0.15) is 26.7 Å². The lowest BCUT2D eigenvalue weighted by Crippen LogP contribution is -2.39. The minimum absolute atomic E-state index is 0.0960. The second kappa shape index (κ2) is 2.49. The summed E-state index contributed by atoms with van der Waals surface area (Å²) < 4.78 is 0. The van der Waals surface area contributed by atoms with Crippen molar-refractivity contribution in [3.63, 3.8) is 0 Å². The third-order valence-electron chi connectivity index (χ3n) is 2.67. The highest BCUT2D eigenvalue weighted by Crippen LogP contribution is 2.42. The smallest absolute Gasteiger partial charge is 0.0800 e. The third-order valence-corrected chi connectivity index (χ3v) is 2.67. The van der Waals surface area contributed by atoms with Crippen LogP contribution in [0.5, 0.6) is 0 Å². The Morgan fingerprint density at radius 3 is 2.64 bits per heavy atom. The summed E-state index contributed by atoms with van der Waals surface area (Å²) in [7, 11) is 0. The summed E-state index contributed by atoms with van der Waals surface area (Å²) in [5, 5.41) is 10.1. The summed E-state index contributed by atoms with van der Waals surface area (Å²) in [5.74, 6) is 0. The van der Waals surface area contributed by atoms with Gasteiger partial charge in [-0.2, -0.15) is 0 Å². The quantitative estimate of drug-likeness (QED) is 0.602. The molecule has 1 unspecified atom stereocenters. The van der Waals surface area contributed by atoms with E-state index in [4.69, 9.17) is 0 Å². The molecule has 0 aliphatic heterocycles. The van der Waals surface area contributed by atoms with Gasteiger partial charge in [0.25, 0.3) is 0 Å². The fraction of sp³-hybridized carbons (Fsp3) is 0.600. The van der Waals surface area contributed by atoms with Crippen molar-refractivity contribution in [3.8, 4) is 0 Å². The van der Waals surface area contributed by atoms with Crippen LogP contribution in [0.15, 0.2) is 24.8 Å². The number of hydrogen-bond donors (Lipinski definition) is 1. The van der Waals surface area contributed by atoms with E-state index in [-0.39, 0.29) is 5.41 Å². The van der Waals surface area contributed by atoms with Gasteiger partial charge in [0.1, 0.15) is 0 Å². The van der Waals surface area contributed by atoms with Crippen LogP contribution >= 0.6 is 0 Å². The summed E-state index contributed by atoms with van der Waals surface area (Å²) in [4.78, 5) is 0. The van der Waals surface area contributed by atoms with Crippen molar-refractivity contribution in [2.45, 2.75) is 32.3 Å². The molecule has 0 aromatic rings. The van der Waals surface area contributed by atoms with E-state index >= 15 is 0 Å². The Morgan fingerprint density at radius 1 is 1.64 bits per heavy atom. The Kier molecular flexibility index (Phi) is 1.93. The Balaban J connectivity index is 2.80. The fourth-order valence-electron chi connectivity index (χ4n) is 1.55. The van der Waals surface area contributed by atoms with Crippen LogP contribution < -0.4 is 0 Å². The van der Waals surface area contributed by atoms with Crippen molar-refractivity contribution in [2.24, 2.45) is 5.41 Å². The zero-order chi connectivity index (χ0) is 8.54. The molecule has 1 aliphatic rings. The minimum atomic E-state index is -0.589. The Hall–Kier alpha value is -0.560. The second-order valence-corrected chi connectivity index (χ2v) is 3.85. The highest BCUT2D eigenvalue weighted by atomic mass is 16.3. The van der Waals surface area contributed by atoms with E-state index in [1.54, 1.807) is 6.08 Å². The van der Waals surface area contributed by atoms with Gasteiger partial charge in [-0.3, -0.25) is 0 Å². The minimum Gasteiger partial charge on any atom is -0.388 e. The van der Waals surface area contributed by atoms with Gasteiger partial charge in [0, 0.05) is 5.41 Å². The summed E-state index contributed by atoms with van der Waals surface area (Å²) >= 11 is 0. The largest absolute Gasteiger partial charge is 0.388 e. The molecule has 0 aromatic heterocycles. The average Bonchev–Trinajstić information content (AvgIpc) is 2.09. The van der Waals surface area contributed by atoms with Crippen molar-refractivity contribution in [1.29, 1.82) is 0 Å². The zero-order valence-electron chi connectivity index (χ0n) is 7.30. The second-order valence-electron chi connectivity index (χ2n) is 3.85. The molecule has 0 saturated heterocycles. The van der Waals surface area contributed by atoms with Crippen LogP contribution in [0.25, 0.3) is 0 Å². The van der Waals surface area contributed by atoms with Crippen molar-refractivity contribution in [2.75, 3.05) is 0 Å². The van der Waals surface area contributed by atoms with E-state index in [9.17, 15) is 5.11 Å². The molecule has 62 valence electrons. The summed E-state index contributed by atoms with van der Waals surface area (Å²) in [6.45, 7) is 7.76. The molecule has 0 saturated carbocycles. The van der Waals surface area contributed by atoms with Gasteiger partial charge in [0.15, 0.2) is 0 Å². The average molecular weight is 152 g/mol. The van der Waals surface area contributed by atoms with Gasteiger partial charge in [-0.05, 0) is 12.8 Å². The molecule has 1 atom stereocenters. The Bertz CT molecular complexity index is 191. The highest BCUT2D eigenvalue weighted by molar-refractivity contribution is 5.17. The summed E-state index contributed by atoms with van der Waals surface area (Å²) in [6, 6.07) is 0. The Labute approximate surface area is 68.4 Å². The molecule has 0 spiro atoms. The van der Waals surface area contributed by atoms with Gasteiger partial charge in [-0.1, -0.05) is 32.1 Å². The summed E-state index contributed by atoms with van der Waals surface area (Å²) in [6.07, 6.45) is 7.34. The standard InChI is InChI=1S/C10H16O/c1-4-6-10(11)8-5-7-9(10,2)3/h4-5,7,11H,1,6,8H2,2-3H3. The molecule has 1 nitrogen and oxygen atoms in total. The van der Waals surface area contributed by atoms with Crippen molar-refractivity contribution in [3.05, 3.63) is 24.8 Å². The Morgan fingerprint density at radius 2 is 2.27 bits per heavy atom. The monoisotopic (exact) mass is 152 g/mol. The molecule has 0 fully saturated rings. The lowest BCUT2D eigenvalue weighted by atomic mass is 9.76. The predicted molar refractivity (Wildman–Crippen MR) is 47.3 cm³/mol. The first-order valence-corrected chi connectivity index (χ1v) is 4.03. The molecule has 0 bridgehead atoms. The van der Waals surface area contributed by atoms with Gasteiger partial charge >= 0.3 is 0 Å². The van der Waals surface area contributed by atoms with Crippen molar-refractivity contribution < 1.29 is 5.11 Å². The van der Waals surface area contributed by atoms with E-state index in [1.165, 1.54) is 0 Å². The molecular formula is C10H16O. The maximum absolute atomic E-state index is 10.1. The molecule has 11 heavy (non-hydrogen) atoms. The summed E-state index contributed by atoms with van der Waals surface area (Å²) in [5.41, 5.74) is -0.685. The number of hydrogen-bond acceptors (Lipinski definition) is 1. The van der Waals surface area contributed by atoms with Crippen LogP contribution in [0, 0.1) is 5.41 Å². The van der Waals surface area contributed by atoms with E-state index in [2.05, 4.69) is 26.5 Å². The first-order chi connectivity index (χ1) is 5.02. The highest BCUT2D eigenvalue weighted by Gasteiger charge is 2.42. The molecule has 0 radical (unpaired) electrons. The SMILES string of the molecule is C=CCC1(O)CC=CC1(C)C. The number of rotatable bonds is 2. The van der Waals surface area contributed by atoms with Crippen LogP contribution in [0.4, 0.5) is 0 Å². The van der Waals surface area contributed by atoms with Crippen molar-refractivity contribution >= 4 is 0 Å². The first-order valence-electron chi connectivity index (χ1n) is 4.03. The van der Waals surface area contributed by atoms with Crippen LogP contribution in [0.2, 0.25) is 0 Å². The van der Waals surface area contributed by atoms with Crippen molar-refractivity contribution in [1.82, 2.24) is 0 Å². The maximum atomic E-state index is 10.1. The number of aliphatic hydroxyl groups is 1. The fourth-order valence-corrected chi connectivity index (χ4v) is 1.55. The molecule has 1 heteroatoms. The van der Waals surface area contributed by atoms with E-state index in [1.807, 2.05) is 6.08 Å². The van der Waals surface area contributed by atoms with Gasteiger partial charge in [-0.25, -0.2) is 0 Å².